The third-order valence-electron chi connectivity index (χ3n) is 4.91. The maximum atomic E-state index is 11.7. The van der Waals surface area contributed by atoms with Crippen molar-refractivity contribution in [1.29, 1.82) is 0 Å². The predicted octanol–water partition coefficient (Wildman–Crippen LogP) is 5.67. The standard InChI is InChI=1S/C30H18O5/c31-29(32)27-17-15-25(19-23(27)13-11-21-7-3-1-4-8-21)35-26-16-18-28(30(33)34)24(20-26)14-12-22-9-5-2-6-10-22/h1-10,15-20H,(H,31,32)(H,33,34). The van der Waals surface area contributed by atoms with E-state index in [1.165, 1.54) is 24.3 Å². The third kappa shape index (κ3) is 5.96. The SMILES string of the molecule is O=C(O)c1ccc(Oc2ccc(C(=O)O)c(C#Cc3ccccc3)c2)cc1C#Cc1ccccc1. The van der Waals surface area contributed by atoms with Gasteiger partial charge in [0, 0.05) is 22.3 Å². The van der Waals surface area contributed by atoms with Gasteiger partial charge in [-0.25, -0.2) is 9.59 Å². The minimum absolute atomic E-state index is 0.0522. The summed E-state index contributed by atoms with van der Waals surface area (Å²) in [4.78, 5) is 23.3. The van der Waals surface area contributed by atoms with Crippen molar-refractivity contribution in [2.45, 2.75) is 0 Å². The largest absolute Gasteiger partial charge is 0.478 e. The molecule has 0 amide bonds. The zero-order valence-corrected chi connectivity index (χ0v) is 18.4. The Morgan fingerprint density at radius 3 is 1.31 bits per heavy atom. The lowest BCUT2D eigenvalue weighted by molar-refractivity contribution is 0.0685. The molecule has 0 radical (unpaired) electrons. The van der Waals surface area contributed by atoms with Crippen LogP contribution in [0.3, 0.4) is 0 Å². The average molecular weight is 458 g/mol. The van der Waals surface area contributed by atoms with Crippen LogP contribution in [0, 0.1) is 23.7 Å². The zero-order chi connectivity index (χ0) is 24.6. The Kier molecular flexibility index (Phi) is 6.92. The summed E-state index contributed by atoms with van der Waals surface area (Å²) in [7, 11) is 0. The summed E-state index contributed by atoms with van der Waals surface area (Å²) in [5.41, 5.74) is 2.20. The van der Waals surface area contributed by atoms with Crippen molar-refractivity contribution in [2.24, 2.45) is 0 Å². The van der Waals surface area contributed by atoms with Gasteiger partial charge in [0.2, 0.25) is 0 Å². The first-order valence-electron chi connectivity index (χ1n) is 10.6. The maximum Gasteiger partial charge on any atom is 0.336 e. The Morgan fingerprint density at radius 2 is 0.943 bits per heavy atom. The Morgan fingerprint density at radius 1 is 0.543 bits per heavy atom. The van der Waals surface area contributed by atoms with E-state index in [0.717, 1.165) is 11.1 Å². The van der Waals surface area contributed by atoms with Crippen molar-refractivity contribution in [3.63, 3.8) is 0 Å². The van der Waals surface area contributed by atoms with E-state index in [2.05, 4.69) is 23.7 Å². The topological polar surface area (TPSA) is 83.8 Å². The van der Waals surface area contributed by atoms with Gasteiger partial charge in [-0.1, -0.05) is 60.1 Å². The van der Waals surface area contributed by atoms with Crippen molar-refractivity contribution >= 4 is 11.9 Å². The van der Waals surface area contributed by atoms with Gasteiger partial charge in [0.15, 0.2) is 0 Å². The smallest absolute Gasteiger partial charge is 0.336 e. The second kappa shape index (κ2) is 10.6. The van der Waals surface area contributed by atoms with Gasteiger partial charge in [-0.3, -0.25) is 0 Å². The number of hydrogen-bond acceptors (Lipinski definition) is 3. The van der Waals surface area contributed by atoms with Crippen LogP contribution in [0.2, 0.25) is 0 Å². The Labute approximate surface area is 202 Å². The highest BCUT2D eigenvalue weighted by Gasteiger charge is 2.13. The van der Waals surface area contributed by atoms with Crippen LogP contribution in [0.4, 0.5) is 0 Å². The molecule has 0 heterocycles. The van der Waals surface area contributed by atoms with E-state index in [4.69, 9.17) is 4.74 Å². The second-order valence-corrected chi connectivity index (χ2v) is 7.36. The number of carboxylic acid groups (broad SMARTS) is 2. The van der Waals surface area contributed by atoms with E-state index < -0.39 is 11.9 Å². The Bertz CT molecular complexity index is 1400. The van der Waals surface area contributed by atoms with Gasteiger partial charge in [-0.15, -0.1) is 0 Å². The van der Waals surface area contributed by atoms with Crippen LogP contribution < -0.4 is 4.74 Å². The molecule has 0 fully saturated rings. The quantitative estimate of drug-likeness (QED) is 0.385. The molecule has 0 saturated heterocycles. The van der Waals surface area contributed by atoms with Gasteiger partial charge < -0.3 is 14.9 Å². The number of ether oxygens (including phenoxy) is 1. The van der Waals surface area contributed by atoms with Crippen molar-refractivity contribution < 1.29 is 24.5 Å². The van der Waals surface area contributed by atoms with E-state index in [9.17, 15) is 19.8 Å². The lowest BCUT2D eigenvalue weighted by Gasteiger charge is -2.09. The lowest BCUT2D eigenvalue weighted by atomic mass is 10.1. The van der Waals surface area contributed by atoms with Crippen LogP contribution in [0.15, 0.2) is 97.1 Å². The summed E-state index contributed by atoms with van der Waals surface area (Å²) in [5, 5.41) is 19.1. The molecule has 0 aliphatic heterocycles. The summed E-state index contributed by atoms with van der Waals surface area (Å²) in [6.45, 7) is 0. The molecule has 0 bridgehead atoms. The van der Waals surface area contributed by atoms with Crippen LogP contribution >= 0.6 is 0 Å². The number of hydrogen-bond donors (Lipinski definition) is 2. The number of carboxylic acids is 2. The number of carbonyl (C=O) groups is 2. The monoisotopic (exact) mass is 458 g/mol. The van der Waals surface area contributed by atoms with Crippen LogP contribution in [0.5, 0.6) is 11.5 Å². The van der Waals surface area contributed by atoms with Gasteiger partial charge in [-0.05, 0) is 60.7 Å². The maximum absolute atomic E-state index is 11.7. The average Bonchev–Trinajstić information content (AvgIpc) is 2.87. The molecule has 0 aliphatic rings. The van der Waals surface area contributed by atoms with Crippen molar-refractivity contribution in [1.82, 2.24) is 0 Å². The fourth-order valence-corrected chi connectivity index (χ4v) is 3.21. The molecule has 2 N–H and O–H groups in total. The summed E-state index contributed by atoms with van der Waals surface area (Å²) in [6.07, 6.45) is 0. The minimum Gasteiger partial charge on any atom is -0.478 e. The molecule has 168 valence electrons. The van der Waals surface area contributed by atoms with Crippen LogP contribution in [-0.4, -0.2) is 22.2 Å². The van der Waals surface area contributed by atoms with E-state index in [-0.39, 0.29) is 11.1 Å². The fraction of sp³-hybridized carbons (Fsp3) is 0. The third-order valence-corrected chi connectivity index (χ3v) is 4.91. The molecule has 4 aromatic carbocycles. The van der Waals surface area contributed by atoms with E-state index >= 15 is 0 Å². The molecule has 35 heavy (non-hydrogen) atoms. The van der Waals surface area contributed by atoms with Crippen molar-refractivity contribution in [2.75, 3.05) is 0 Å². The summed E-state index contributed by atoms with van der Waals surface area (Å²) in [5.74, 6) is 10.2. The predicted molar refractivity (Wildman–Crippen MR) is 132 cm³/mol. The molecule has 0 atom stereocenters. The van der Waals surface area contributed by atoms with E-state index in [1.54, 1.807) is 12.1 Å². The number of rotatable bonds is 4. The molecule has 0 unspecified atom stereocenters. The summed E-state index contributed by atoms with van der Waals surface area (Å²) >= 11 is 0. The highest BCUT2D eigenvalue weighted by molar-refractivity contribution is 5.92. The minimum atomic E-state index is -1.10. The summed E-state index contributed by atoms with van der Waals surface area (Å²) in [6, 6.07) is 27.4. The van der Waals surface area contributed by atoms with Gasteiger partial charge in [-0.2, -0.15) is 0 Å². The lowest BCUT2D eigenvalue weighted by Crippen LogP contribution is -2.01. The molecule has 0 aromatic heterocycles. The molecule has 5 nitrogen and oxygen atoms in total. The second-order valence-electron chi connectivity index (χ2n) is 7.36. The van der Waals surface area contributed by atoms with E-state index in [0.29, 0.717) is 22.6 Å². The van der Waals surface area contributed by atoms with Gasteiger partial charge >= 0.3 is 11.9 Å². The first-order valence-corrected chi connectivity index (χ1v) is 10.6. The first kappa shape index (κ1) is 22.9. The zero-order valence-electron chi connectivity index (χ0n) is 18.4. The molecule has 4 rings (SSSR count). The normalized spacial score (nSPS) is 9.71. The van der Waals surface area contributed by atoms with Crippen LogP contribution in [0.1, 0.15) is 43.0 Å². The summed E-state index contributed by atoms with van der Waals surface area (Å²) < 4.78 is 5.91. The highest BCUT2D eigenvalue weighted by Crippen LogP contribution is 2.26. The number of aromatic carboxylic acids is 2. The van der Waals surface area contributed by atoms with Gasteiger partial charge in [0.05, 0.1) is 11.1 Å². The van der Waals surface area contributed by atoms with Gasteiger partial charge in [0.25, 0.3) is 0 Å². The first-order chi connectivity index (χ1) is 17.0. The van der Waals surface area contributed by atoms with Crippen molar-refractivity contribution in [3.05, 3.63) is 130 Å². The van der Waals surface area contributed by atoms with Gasteiger partial charge in [0.1, 0.15) is 11.5 Å². The molecule has 5 heteroatoms. The Hall–Kier alpha value is -5.26. The molecule has 0 saturated carbocycles. The Balaban J connectivity index is 1.67. The van der Waals surface area contributed by atoms with Crippen LogP contribution in [0.25, 0.3) is 0 Å². The highest BCUT2D eigenvalue weighted by atomic mass is 16.5. The molecular formula is C30H18O5. The molecule has 4 aromatic rings. The fourth-order valence-electron chi connectivity index (χ4n) is 3.21. The molecule has 0 aliphatic carbocycles. The van der Waals surface area contributed by atoms with E-state index in [1.807, 2.05) is 60.7 Å². The van der Waals surface area contributed by atoms with Crippen molar-refractivity contribution in [3.8, 4) is 35.2 Å². The molecule has 0 spiro atoms. The molecular weight excluding hydrogens is 440 g/mol. The number of benzene rings is 4. The van der Waals surface area contributed by atoms with Crippen LogP contribution in [-0.2, 0) is 0 Å².